The molecule has 140 valence electrons. The van der Waals surface area contributed by atoms with E-state index in [0.29, 0.717) is 22.5 Å². The fourth-order valence-corrected chi connectivity index (χ4v) is 2.77. The Kier molecular flexibility index (Phi) is 5.25. The first-order chi connectivity index (χ1) is 13.0. The Bertz CT molecular complexity index is 1100. The fourth-order valence-electron chi connectivity index (χ4n) is 2.77. The highest BCUT2D eigenvalue weighted by Crippen LogP contribution is 2.27. The Labute approximate surface area is 154 Å². The molecule has 1 aromatic heterocycles. The number of fused-ring (bicyclic) bond motifs is 1. The topological polar surface area (TPSA) is 102 Å². The lowest BCUT2D eigenvalue weighted by Gasteiger charge is -2.12. The van der Waals surface area contributed by atoms with E-state index in [9.17, 15) is 14.4 Å². The SMILES string of the molecule is COc1ccc(CNC(=O)Cn2c(=O)c(=O)[nH]c3ccccc32)cc1OC. The maximum absolute atomic E-state index is 12.3. The monoisotopic (exact) mass is 369 g/mol. The predicted molar refractivity (Wildman–Crippen MR) is 100 cm³/mol. The van der Waals surface area contributed by atoms with E-state index in [1.807, 2.05) is 0 Å². The lowest BCUT2D eigenvalue weighted by Crippen LogP contribution is -2.40. The number of methoxy groups -OCH3 is 2. The van der Waals surface area contributed by atoms with Crippen LogP contribution in [0.1, 0.15) is 5.56 Å². The third kappa shape index (κ3) is 3.84. The van der Waals surface area contributed by atoms with Gasteiger partial charge in [0, 0.05) is 6.54 Å². The van der Waals surface area contributed by atoms with Gasteiger partial charge >= 0.3 is 11.1 Å². The lowest BCUT2D eigenvalue weighted by atomic mass is 10.2. The van der Waals surface area contributed by atoms with Crippen LogP contribution in [0.5, 0.6) is 11.5 Å². The third-order valence-electron chi connectivity index (χ3n) is 4.12. The van der Waals surface area contributed by atoms with E-state index in [-0.39, 0.29) is 19.0 Å². The fraction of sp³-hybridized carbons (Fsp3) is 0.211. The van der Waals surface area contributed by atoms with Gasteiger partial charge in [-0.2, -0.15) is 0 Å². The van der Waals surface area contributed by atoms with Gasteiger partial charge in [-0.3, -0.25) is 19.0 Å². The Morgan fingerprint density at radius 3 is 2.56 bits per heavy atom. The summed E-state index contributed by atoms with van der Waals surface area (Å²) in [6.45, 7) is -0.00832. The smallest absolute Gasteiger partial charge is 0.317 e. The van der Waals surface area contributed by atoms with E-state index in [1.165, 1.54) is 7.11 Å². The lowest BCUT2D eigenvalue weighted by molar-refractivity contribution is -0.121. The summed E-state index contributed by atoms with van der Waals surface area (Å²) < 4.78 is 11.6. The van der Waals surface area contributed by atoms with Crippen molar-refractivity contribution in [2.45, 2.75) is 13.1 Å². The quantitative estimate of drug-likeness (QED) is 0.632. The molecule has 0 saturated carbocycles. The minimum absolute atomic E-state index is 0.245. The molecule has 8 nitrogen and oxygen atoms in total. The molecule has 0 atom stereocenters. The summed E-state index contributed by atoms with van der Waals surface area (Å²) in [6, 6.07) is 12.1. The molecule has 2 N–H and O–H groups in total. The molecule has 1 amide bonds. The average molecular weight is 369 g/mol. The van der Waals surface area contributed by atoms with Crippen molar-refractivity contribution in [2.24, 2.45) is 0 Å². The Balaban J connectivity index is 1.77. The standard InChI is InChI=1S/C19H19N3O5/c1-26-15-8-7-12(9-16(15)27-2)10-20-17(23)11-22-14-6-4-3-5-13(14)21-18(24)19(22)25/h3-9H,10-11H2,1-2H3,(H,20,23)(H,21,24). The molecule has 1 heterocycles. The molecule has 0 fully saturated rings. The van der Waals surface area contributed by atoms with Crippen LogP contribution in [-0.4, -0.2) is 29.7 Å². The number of nitrogens with zero attached hydrogens (tertiary/aromatic N) is 1. The largest absolute Gasteiger partial charge is 0.493 e. The van der Waals surface area contributed by atoms with E-state index >= 15 is 0 Å². The van der Waals surface area contributed by atoms with E-state index < -0.39 is 11.1 Å². The van der Waals surface area contributed by atoms with Crippen molar-refractivity contribution in [1.82, 2.24) is 14.9 Å². The van der Waals surface area contributed by atoms with Gasteiger partial charge in [0.2, 0.25) is 5.91 Å². The molecule has 0 unspecified atom stereocenters. The van der Waals surface area contributed by atoms with E-state index in [2.05, 4.69) is 10.3 Å². The van der Waals surface area contributed by atoms with Gasteiger partial charge in [0.05, 0.1) is 25.3 Å². The van der Waals surface area contributed by atoms with Crippen molar-refractivity contribution < 1.29 is 14.3 Å². The number of ether oxygens (including phenoxy) is 2. The van der Waals surface area contributed by atoms with Crippen LogP contribution >= 0.6 is 0 Å². The summed E-state index contributed by atoms with van der Waals surface area (Å²) in [5.41, 5.74) is 0.263. The van der Waals surface area contributed by atoms with E-state index in [4.69, 9.17) is 9.47 Å². The molecule has 0 spiro atoms. The summed E-state index contributed by atoms with van der Waals surface area (Å²) in [5.74, 6) is 0.762. The van der Waals surface area contributed by atoms with Crippen LogP contribution in [0.4, 0.5) is 0 Å². The highest BCUT2D eigenvalue weighted by molar-refractivity contribution is 5.79. The van der Waals surface area contributed by atoms with E-state index in [1.54, 1.807) is 49.6 Å². The number of nitrogens with one attached hydrogen (secondary N) is 2. The number of hydrogen-bond acceptors (Lipinski definition) is 5. The van der Waals surface area contributed by atoms with Crippen LogP contribution < -0.4 is 25.9 Å². The van der Waals surface area contributed by atoms with Crippen LogP contribution in [0.15, 0.2) is 52.1 Å². The number of aromatic amines is 1. The minimum Gasteiger partial charge on any atom is -0.493 e. The molecule has 0 radical (unpaired) electrons. The van der Waals surface area contributed by atoms with Gasteiger partial charge in [-0.05, 0) is 29.8 Å². The summed E-state index contributed by atoms with van der Waals surface area (Å²) in [5, 5.41) is 2.74. The van der Waals surface area contributed by atoms with Crippen molar-refractivity contribution >= 4 is 16.9 Å². The number of para-hydroxylation sites is 2. The highest BCUT2D eigenvalue weighted by Gasteiger charge is 2.11. The van der Waals surface area contributed by atoms with Gasteiger partial charge in [0.25, 0.3) is 0 Å². The molecule has 3 aromatic rings. The molecule has 3 rings (SSSR count). The van der Waals surface area contributed by atoms with Crippen molar-refractivity contribution in [2.75, 3.05) is 14.2 Å². The second-order valence-electron chi connectivity index (χ2n) is 5.83. The minimum atomic E-state index is -0.769. The first kappa shape index (κ1) is 18.2. The first-order valence-electron chi connectivity index (χ1n) is 8.23. The van der Waals surface area contributed by atoms with E-state index in [0.717, 1.165) is 10.1 Å². The van der Waals surface area contributed by atoms with Gasteiger partial charge in [0.15, 0.2) is 11.5 Å². The van der Waals surface area contributed by atoms with Gasteiger partial charge in [-0.25, -0.2) is 0 Å². The summed E-state index contributed by atoms with van der Waals surface area (Å²) in [4.78, 5) is 38.8. The van der Waals surface area contributed by atoms with Crippen molar-refractivity contribution in [3.8, 4) is 11.5 Å². The number of aromatic nitrogens is 2. The zero-order chi connectivity index (χ0) is 19.4. The van der Waals surface area contributed by atoms with Gasteiger partial charge in [-0.1, -0.05) is 18.2 Å². The van der Waals surface area contributed by atoms with Crippen LogP contribution in [-0.2, 0) is 17.9 Å². The molecule has 0 saturated heterocycles. The van der Waals surface area contributed by atoms with Gasteiger partial charge in [-0.15, -0.1) is 0 Å². The summed E-state index contributed by atoms with van der Waals surface area (Å²) >= 11 is 0. The maximum atomic E-state index is 12.3. The van der Waals surface area contributed by atoms with Crippen molar-refractivity contribution in [1.29, 1.82) is 0 Å². The zero-order valence-corrected chi connectivity index (χ0v) is 14.9. The van der Waals surface area contributed by atoms with Crippen LogP contribution in [0.25, 0.3) is 11.0 Å². The number of amides is 1. The zero-order valence-electron chi connectivity index (χ0n) is 14.9. The van der Waals surface area contributed by atoms with Crippen molar-refractivity contribution in [3.05, 3.63) is 68.7 Å². The van der Waals surface area contributed by atoms with Crippen molar-refractivity contribution in [3.63, 3.8) is 0 Å². The van der Waals surface area contributed by atoms with Gasteiger partial charge in [0.1, 0.15) is 6.54 Å². The number of carbonyl (C=O) groups is 1. The molecule has 0 bridgehead atoms. The van der Waals surface area contributed by atoms with Crippen LogP contribution in [0.2, 0.25) is 0 Å². The second kappa shape index (κ2) is 7.77. The normalized spacial score (nSPS) is 10.6. The van der Waals surface area contributed by atoms with Gasteiger partial charge < -0.3 is 19.8 Å². The second-order valence-corrected chi connectivity index (χ2v) is 5.83. The Morgan fingerprint density at radius 1 is 1.07 bits per heavy atom. The van der Waals surface area contributed by atoms with Crippen LogP contribution in [0.3, 0.4) is 0 Å². The molecule has 8 heteroatoms. The molecule has 2 aromatic carbocycles. The molecule has 0 aliphatic carbocycles. The number of H-pyrrole nitrogens is 1. The molecule has 0 aliphatic heterocycles. The number of benzene rings is 2. The molecule has 27 heavy (non-hydrogen) atoms. The molecular formula is C19H19N3O5. The summed E-state index contributed by atoms with van der Waals surface area (Å²) in [6.07, 6.45) is 0. The Morgan fingerprint density at radius 2 is 1.81 bits per heavy atom. The summed E-state index contributed by atoms with van der Waals surface area (Å²) in [7, 11) is 3.08. The first-order valence-corrected chi connectivity index (χ1v) is 8.23. The third-order valence-corrected chi connectivity index (χ3v) is 4.12. The Hall–Kier alpha value is -3.55. The van der Waals surface area contributed by atoms with Crippen LogP contribution in [0, 0.1) is 0 Å². The number of hydrogen-bond donors (Lipinski definition) is 2. The molecular weight excluding hydrogens is 350 g/mol. The highest BCUT2D eigenvalue weighted by atomic mass is 16.5. The predicted octanol–water partition coefficient (Wildman–Crippen LogP) is 1.02. The average Bonchev–Trinajstić information content (AvgIpc) is 2.69. The maximum Gasteiger partial charge on any atom is 0.317 e. The molecule has 0 aliphatic rings. The number of carbonyl (C=O) groups excluding carboxylic acids is 1. The number of rotatable bonds is 6.